The van der Waals surface area contributed by atoms with Gasteiger partial charge >= 0.3 is 0 Å². The minimum atomic E-state index is -0.795. The number of nitrogens with one attached hydrogen (secondary N) is 1. The first-order valence-corrected chi connectivity index (χ1v) is 6.11. The number of halogens is 1. The van der Waals surface area contributed by atoms with E-state index in [2.05, 4.69) is 5.32 Å². The van der Waals surface area contributed by atoms with E-state index in [0.29, 0.717) is 5.56 Å². The zero-order valence-corrected chi connectivity index (χ0v) is 10.6. The standard InChI is InChI=1S/C14H18FNO2/c1-14(2)7-11(14)13(18)16-8-12(17)9-3-5-10(15)6-4-9/h3-6,11-12,17H,7-8H2,1-2H3,(H,16,18). The van der Waals surface area contributed by atoms with Crippen molar-refractivity contribution in [2.45, 2.75) is 26.4 Å². The number of carbonyl (C=O) groups is 1. The van der Waals surface area contributed by atoms with Gasteiger partial charge in [-0.05, 0) is 29.5 Å². The van der Waals surface area contributed by atoms with Gasteiger partial charge in [-0.25, -0.2) is 4.39 Å². The van der Waals surface area contributed by atoms with Crippen LogP contribution in [0.4, 0.5) is 4.39 Å². The Morgan fingerprint density at radius 1 is 1.50 bits per heavy atom. The van der Waals surface area contributed by atoms with Crippen LogP contribution in [0.2, 0.25) is 0 Å². The van der Waals surface area contributed by atoms with Gasteiger partial charge in [-0.15, -0.1) is 0 Å². The third-order valence-corrected chi connectivity index (χ3v) is 3.55. The van der Waals surface area contributed by atoms with E-state index in [1.165, 1.54) is 24.3 Å². The van der Waals surface area contributed by atoms with Crippen molar-refractivity contribution in [3.05, 3.63) is 35.6 Å². The van der Waals surface area contributed by atoms with Crippen molar-refractivity contribution < 1.29 is 14.3 Å². The molecule has 3 nitrogen and oxygen atoms in total. The van der Waals surface area contributed by atoms with Gasteiger partial charge in [-0.3, -0.25) is 4.79 Å². The van der Waals surface area contributed by atoms with Crippen LogP contribution in [0, 0.1) is 17.2 Å². The average molecular weight is 251 g/mol. The molecule has 1 aliphatic carbocycles. The van der Waals surface area contributed by atoms with E-state index in [9.17, 15) is 14.3 Å². The highest BCUT2D eigenvalue weighted by atomic mass is 19.1. The summed E-state index contributed by atoms with van der Waals surface area (Å²) in [6.07, 6.45) is 0.0993. The van der Waals surface area contributed by atoms with E-state index in [-0.39, 0.29) is 29.6 Å². The topological polar surface area (TPSA) is 49.3 Å². The molecule has 0 spiro atoms. The molecule has 0 radical (unpaired) electrons. The summed E-state index contributed by atoms with van der Waals surface area (Å²) >= 11 is 0. The summed E-state index contributed by atoms with van der Waals surface area (Å²) in [6.45, 7) is 4.26. The van der Waals surface area contributed by atoms with Crippen LogP contribution < -0.4 is 5.32 Å². The van der Waals surface area contributed by atoms with Gasteiger partial charge < -0.3 is 10.4 Å². The second-order valence-corrected chi connectivity index (χ2v) is 5.56. The molecular formula is C14H18FNO2. The SMILES string of the molecule is CC1(C)CC1C(=O)NCC(O)c1ccc(F)cc1. The number of carbonyl (C=O) groups excluding carboxylic acids is 1. The third kappa shape index (κ3) is 2.88. The summed E-state index contributed by atoms with van der Waals surface area (Å²) in [4.78, 5) is 11.7. The molecule has 2 N–H and O–H groups in total. The molecule has 0 heterocycles. The van der Waals surface area contributed by atoms with E-state index in [0.717, 1.165) is 6.42 Å². The van der Waals surface area contributed by atoms with E-state index in [4.69, 9.17) is 0 Å². The van der Waals surface area contributed by atoms with Crippen LogP contribution in [-0.4, -0.2) is 17.6 Å². The number of hydrogen-bond acceptors (Lipinski definition) is 2. The molecule has 0 aromatic heterocycles. The Morgan fingerprint density at radius 2 is 2.06 bits per heavy atom. The number of rotatable bonds is 4. The van der Waals surface area contributed by atoms with E-state index < -0.39 is 6.10 Å². The molecular weight excluding hydrogens is 233 g/mol. The average Bonchev–Trinajstić information content (AvgIpc) is 2.96. The number of amides is 1. The van der Waals surface area contributed by atoms with Crippen molar-refractivity contribution >= 4 is 5.91 Å². The monoisotopic (exact) mass is 251 g/mol. The lowest BCUT2D eigenvalue weighted by Gasteiger charge is -2.12. The fourth-order valence-electron chi connectivity index (χ4n) is 2.04. The van der Waals surface area contributed by atoms with Crippen LogP contribution >= 0.6 is 0 Å². The zero-order valence-electron chi connectivity index (χ0n) is 10.6. The molecule has 2 unspecified atom stereocenters. The molecule has 1 saturated carbocycles. The first kappa shape index (κ1) is 13.0. The molecule has 1 aliphatic rings. The van der Waals surface area contributed by atoms with Gasteiger partial charge in [0.25, 0.3) is 0 Å². The molecule has 2 rings (SSSR count). The van der Waals surface area contributed by atoms with Gasteiger partial charge in [-0.2, -0.15) is 0 Å². The Bertz CT molecular complexity index is 442. The van der Waals surface area contributed by atoms with Gasteiger partial charge in [0.2, 0.25) is 5.91 Å². The zero-order chi connectivity index (χ0) is 13.3. The lowest BCUT2D eigenvalue weighted by Crippen LogP contribution is -2.30. The molecule has 4 heteroatoms. The maximum atomic E-state index is 12.7. The summed E-state index contributed by atoms with van der Waals surface area (Å²) in [5, 5.41) is 12.6. The van der Waals surface area contributed by atoms with Crippen molar-refractivity contribution in [1.82, 2.24) is 5.32 Å². The molecule has 98 valence electrons. The number of hydrogen-bond donors (Lipinski definition) is 2. The molecule has 0 bridgehead atoms. The Hall–Kier alpha value is -1.42. The van der Waals surface area contributed by atoms with Crippen LogP contribution in [0.1, 0.15) is 31.9 Å². The largest absolute Gasteiger partial charge is 0.387 e. The number of aliphatic hydroxyl groups excluding tert-OH is 1. The lowest BCUT2D eigenvalue weighted by atomic mass is 10.1. The highest BCUT2D eigenvalue weighted by molar-refractivity contribution is 5.82. The van der Waals surface area contributed by atoms with Crippen LogP contribution in [-0.2, 0) is 4.79 Å². The molecule has 1 aromatic carbocycles. The number of benzene rings is 1. The lowest BCUT2D eigenvalue weighted by molar-refractivity contribution is -0.123. The first-order chi connectivity index (χ1) is 8.40. The Balaban J connectivity index is 1.83. The summed E-state index contributed by atoms with van der Waals surface area (Å²) in [7, 11) is 0. The Labute approximate surface area is 106 Å². The van der Waals surface area contributed by atoms with Crippen molar-refractivity contribution in [1.29, 1.82) is 0 Å². The van der Waals surface area contributed by atoms with Gasteiger partial charge in [-0.1, -0.05) is 26.0 Å². The van der Waals surface area contributed by atoms with Crippen molar-refractivity contribution in [3.8, 4) is 0 Å². The summed E-state index contributed by atoms with van der Waals surface area (Å²) in [5.74, 6) is -0.297. The highest BCUT2D eigenvalue weighted by Crippen LogP contribution is 2.51. The molecule has 1 fully saturated rings. The van der Waals surface area contributed by atoms with Gasteiger partial charge in [0.15, 0.2) is 0 Å². The third-order valence-electron chi connectivity index (χ3n) is 3.55. The van der Waals surface area contributed by atoms with Crippen LogP contribution in [0.25, 0.3) is 0 Å². The van der Waals surface area contributed by atoms with Crippen LogP contribution in [0.5, 0.6) is 0 Å². The summed E-state index contributed by atoms with van der Waals surface area (Å²) in [6, 6.07) is 5.63. The molecule has 18 heavy (non-hydrogen) atoms. The minimum Gasteiger partial charge on any atom is -0.387 e. The van der Waals surface area contributed by atoms with E-state index >= 15 is 0 Å². The van der Waals surface area contributed by atoms with E-state index in [1.54, 1.807) is 0 Å². The maximum absolute atomic E-state index is 12.7. The predicted molar refractivity (Wildman–Crippen MR) is 66.3 cm³/mol. The van der Waals surface area contributed by atoms with Gasteiger partial charge in [0.05, 0.1) is 6.10 Å². The van der Waals surface area contributed by atoms with Gasteiger partial charge in [0, 0.05) is 12.5 Å². The quantitative estimate of drug-likeness (QED) is 0.860. The van der Waals surface area contributed by atoms with Crippen LogP contribution in [0.3, 0.4) is 0 Å². The second-order valence-electron chi connectivity index (χ2n) is 5.56. The van der Waals surface area contributed by atoms with Crippen LogP contribution in [0.15, 0.2) is 24.3 Å². The molecule has 1 aromatic rings. The Kier molecular flexibility index (Phi) is 3.39. The van der Waals surface area contributed by atoms with Crippen molar-refractivity contribution in [2.24, 2.45) is 11.3 Å². The Morgan fingerprint density at radius 3 is 2.56 bits per heavy atom. The van der Waals surface area contributed by atoms with Gasteiger partial charge in [0.1, 0.15) is 5.82 Å². The fraction of sp³-hybridized carbons (Fsp3) is 0.500. The summed E-state index contributed by atoms with van der Waals surface area (Å²) < 4.78 is 12.7. The number of aliphatic hydroxyl groups is 1. The normalized spacial score (nSPS) is 22.3. The smallest absolute Gasteiger partial charge is 0.223 e. The predicted octanol–water partition coefficient (Wildman–Crippen LogP) is 2.02. The molecule has 1 amide bonds. The highest BCUT2D eigenvalue weighted by Gasteiger charge is 2.50. The van der Waals surface area contributed by atoms with Crippen molar-refractivity contribution in [2.75, 3.05) is 6.54 Å². The molecule has 2 atom stereocenters. The van der Waals surface area contributed by atoms with E-state index in [1.807, 2.05) is 13.8 Å². The fourth-order valence-corrected chi connectivity index (χ4v) is 2.04. The first-order valence-electron chi connectivity index (χ1n) is 6.11. The minimum absolute atomic E-state index is 0.0128. The molecule has 0 aliphatic heterocycles. The second kappa shape index (κ2) is 4.69. The summed E-state index contributed by atoms with van der Waals surface area (Å²) in [5.41, 5.74) is 0.692. The van der Waals surface area contributed by atoms with Crippen molar-refractivity contribution in [3.63, 3.8) is 0 Å². The maximum Gasteiger partial charge on any atom is 0.223 e. The molecule has 0 saturated heterocycles.